The van der Waals surface area contributed by atoms with Crippen LogP contribution in [-0.4, -0.2) is 14.1 Å². The quantitative estimate of drug-likeness (QED) is 0.768. The van der Waals surface area contributed by atoms with Gasteiger partial charge >= 0.3 is 0 Å². The zero-order valence-corrected chi connectivity index (χ0v) is 13.4. The van der Waals surface area contributed by atoms with Crippen molar-refractivity contribution >= 4 is 14.1 Å². The molecule has 0 radical (unpaired) electrons. The van der Waals surface area contributed by atoms with E-state index in [2.05, 4.69) is 50.8 Å². The lowest BCUT2D eigenvalue weighted by Crippen LogP contribution is -2.32. The van der Waals surface area contributed by atoms with Gasteiger partial charge in [-0.15, -0.1) is 0 Å². The fourth-order valence-corrected chi connectivity index (χ4v) is 3.74. The van der Waals surface area contributed by atoms with Crippen LogP contribution < -0.4 is 0 Å². The average molecular weight is 276 g/mol. The van der Waals surface area contributed by atoms with Crippen molar-refractivity contribution in [3.63, 3.8) is 0 Å². The second kappa shape index (κ2) is 5.59. The molecule has 1 fully saturated rings. The van der Waals surface area contributed by atoms with E-state index >= 15 is 0 Å². The topological polar surface area (TPSA) is 26.3 Å². The van der Waals surface area contributed by atoms with Crippen molar-refractivity contribution in [1.29, 1.82) is 0 Å². The Labute approximate surface area is 117 Å². The monoisotopic (exact) mass is 276 g/mol. The van der Waals surface area contributed by atoms with Crippen LogP contribution in [-0.2, 0) is 9.22 Å². The molecule has 0 amide bonds. The summed E-state index contributed by atoms with van der Waals surface area (Å²) in [5.74, 6) is 0.443. The first-order chi connectivity index (χ1) is 8.87. The summed E-state index contributed by atoms with van der Waals surface area (Å²) < 4.78 is 6.34. The summed E-state index contributed by atoms with van der Waals surface area (Å²) in [7, 11) is -1.67. The molecule has 0 spiro atoms. The Morgan fingerprint density at radius 2 is 1.84 bits per heavy atom. The van der Waals surface area contributed by atoms with Crippen LogP contribution in [0.5, 0.6) is 0 Å². The average Bonchev–Trinajstić information content (AvgIpc) is 2.72. The third-order valence-corrected chi connectivity index (χ3v) is 4.56. The molecular formula is C16H24O2Si. The molecule has 2 rings (SSSR count). The normalized spacial score (nSPS) is 21.7. The van der Waals surface area contributed by atoms with Gasteiger partial charge < -0.3 is 4.43 Å². The highest BCUT2D eigenvalue weighted by Crippen LogP contribution is 2.37. The molecule has 0 saturated heterocycles. The van der Waals surface area contributed by atoms with Crippen LogP contribution in [0.1, 0.15) is 36.5 Å². The fraction of sp³-hybridized carbons (Fsp3) is 0.562. The van der Waals surface area contributed by atoms with E-state index in [1.165, 1.54) is 5.56 Å². The maximum absolute atomic E-state index is 12.1. The first-order valence-electron chi connectivity index (χ1n) is 7.14. The van der Waals surface area contributed by atoms with Gasteiger partial charge in [0, 0.05) is 12.3 Å². The van der Waals surface area contributed by atoms with Gasteiger partial charge in [0.15, 0.2) is 8.32 Å². The summed E-state index contributed by atoms with van der Waals surface area (Å²) in [6.07, 6.45) is 2.67. The Balaban J connectivity index is 2.28. The highest BCUT2D eigenvalue weighted by Gasteiger charge is 2.36. The largest absolute Gasteiger partial charge is 0.410 e. The lowest BCUT2D eigenvalue weighted by Gasteiger charge is -2.30. The molecule has 2 nitrogen and oxygen atoms in total. The molecule has 0 heterocycles. The first-order valence-corrected chi connectivity index (χ1v) is 10.5. The van der Waals surface area contributed by atoms with Crippen LogP contribution in [0.15, 0.2) is 24.3 Å². The SMILES string of the molecule is Cc1ccc(C(O[Si](C)(C)C)C2CCCC2=O)cc1. The molecule has 0 aliphatic heterocycles. The van der Waals surface area contributed by atoms with Gasteiger partial charge in [-0.2, -0.15) is 0 Å². The number of carbonyl (C=O) groups excluding carboxylic acids is 1. The van der Waals surface area contributed by atoms with Crippen molar-refractivity contribution in [1.82, 2.24) is 0 Å². The number of hydrogen-bond donors (Lipinski definition) is 0. The number of benzene rings is 1. The summed E-state index contributed by atoms with van der Waals surface area (Å²) in [6, 6.07) is 8.45. The number of rotatable bonds is 4. The Morgan fingerprint density at radius 1 is 1.21 bits per heavy atom. The number of ketones is 1. The predicted molar refractivity (Wildman–Crippen MR) is 80.7 cm³/mol. The van der Waals surface area contributed by atoms with Crippen molar-refractivity contribution in [2.75, 3.05) is 0 Å². The Hall–Kier alpha value is -0.933. The first kappa shape index (κ1) is 14.5. The fourth-order valence-electron chi connectivity index (χ4n) is 2.68. The van der Waals surface area contributed by atoms with Crippen LogP contribution in [0.2, 0.25) is 19.6 Å². The van der Waals surface area contributed by atoms with Gasteiger partial charge in [0.1, 0.15) is 5.78 Å². The number of hydrogen-bond acceptors (Lipinski definition) is 2. The summed E-state index contributed by atoms with van der Waals surface area (Å²) in [6.45, 7) is 8.65. The molecule has 104 valence electrons. The molecule has 0 aromatic heterocycles. The van der Waals surface area contributed by atoms with Gasteiger partial charge in [-0.05, 0) is 45.0 Å². The molecule has 2 unspecified atom stereocenters. The summed E-state index contributed by atoms with van der Waals surface area (Å²) >= 11 is 0. The zero-order chi connectivity index (χ0) is 14.0. The molecule has 1 aliphatic carbocycles. The molecule has 1 aromatic rings. The smallest absolute Gasteiger partial charge is 0.184 e. The van der Waals surface area contributed by atoms with Crippen molar-refractivity contribution < 1.29 is 9.22 Å². The highest BCUT2D eigenvalue weighted by atomic mass is 28.4. The molecule has 1 aromatic carbocycles. The summed E-state index contributed by atoms with van der Waals surface area (Å²) in [5.41, 5.74) is 2.40. The van der Waals surface area contributed by atoms with Crippen LogP contribution in [0.25, 0.3) is 0 Å². The van der Waals surface area contributed by atoms with Crippen LogP contribution in [0.4, 0.5) is 0 Å². The second-order valence-electron chi connectivity index (χ2n) is 6.53. The van der Waals surface area contributed by atoms with Gasteiger partial charge in [-0.3, -0.25) is 4.79 Å². The van der Waals surface area contributed by atoms with E-state index in [4.69, 9.17) is 4.43 Å². The molecular weight excluding hydrogens is 252 g/mol. The molecule has 0 N–H and O–H groups in total. The molecule has 3 heteroatoms. The van der Waals surface area contributed by atoms with E-state index in [-0.39, 0.29) is 12.0 Å². The standard InChI is InChI=1S/C16H24O2Si/c1-12-8-10-13(11-9-12)16(18-19(2,3)4)14-6-5-7-15(14)17/h8-11,14,16H,5-7H2,1-4H3. The summed E-state index contributed by atoms with van der Waals surface area (Å²) in [5, 5.41) is 0. The van der Waals surface area contributed by atoms with Gasteiger partial charge in [-0.25, -0.2) is 0 Å². The Kier molecular flexibility index (Phi) is 4.26. The van der Waals surface area contributed by atoms with Crippen molar-refractivity contribution in [2.24, 2.45) is 5.92 Å². The zero-order valence-electron chi connectivity index (χ0n) is 12.4. The van der Waals surface area contributed by atoms with E-state index in [0.29, 0.717) is 5.78 Å². The second-order valence-corrected chi connectivity index (χ2v) is 11.0. The van der Waals surface area contributed by atoms with E-state index in [9.17, 15) is 4.79 Å². The van der Waals surface area contributed by atoms with Gasteiger partial charge in [-0.1, -0.05) is 29.8 Å². The van der Waals surface area contributed by atoms with Crippen molar-refractivity contribution in [3.8, 4) is 0 Å². The van der Waals surface area contributed by atoms with Crippen molar-refractivity contribution in [3.05, 3.63) is 35.4 Å². The Morgan fingerprint density at radius 3 is 2.32 bits per heavy atom. The van der Waals surface area contributed by atoms with E-state index in [1.807, 2.05) is 0 Å². The maximum atomic E-state index is 12.1. The predicted octanol–water partition coefficient (Wildman–Crippen LogP) is 4.26. The minimum atomic E-state index is -1.67. The minimum Gasteiger partial charge on any atom is -0.410 e. The van der Waals surface area contributed by atoms with E-state index < -0.39 is 8.32 Å². The molecule has 19 heavy (non-hydrogen) atoms. The number of Topliss-reactive ketones (excluding diaryl/α,β-unsaturated/α-hetero) is 1. The third kappa shape index (κ3) is 3.77. The third-order valence-electron chi connectivity index (χ3n) is 3.60. The van der Waals surface area contributed by atoms with Gasteiger partial charge in [0.2, 0.25) is 0 Å². The lowest BCUT2D eigenvalue weighted by molar-refractivity contribution is -0.123. The molecule has 1 saturated carbocycles. The number of carbonyl (C=O) groups is 1. The van der Waals surface area contributed by atoms with Gasteiger partial charge in [0.05, 0.1) is 6.10 Å². The molecule has 1 aliphatic rings. The minimum absolute atomic E-state index is 0.0396. The number of aryl methyl sites for hydroxylation is 1. The van der Waals surface area contributed by atoms with E-state index in [1.54, 1.807) is 0 Å². The maximum Gasteiger partial charge on any atom is 0.184 e. The van der Waals surface area contributed by atoms with E-state index in [0.717, 1.165) is 24.8 Å². The highest BCUT2D eigenvalue weighted by molar-refractivity contribution is 6.69. The lowest BCUT2D eigenvalue weighted by atomic mass is 9.93. The molecule has 2 atom stereocenters. The van der Waals surface area contributed by atoms with Crippen LogP contribution >= 0.6 is 0 Å². The van der Waals surface area contributed by atoms with Gasteiger partial charge in [0.25, 0.3) is 0 Å². The van der Waals surface area contributed by atoms with Crippen LogP contribution in [0.3, 0.4) is 0 Å². The van der Waals surface area contributed by atoms with Crippen molar-refractivity contribution in [2.45, 2.75) is 51.9 Å². The van der Waals surface area contributed by atoms with Crippen LogP contribution in [0, 0.1) is 12.8 Å². The summed E-state index contributed by atoms with van der Waals surface area (Å²) in [4.78, 5) is 12.1. The Bertz CT molecular complexity index is 445. The molecule has 0 bridgehead atoms.